The number of nitrogens with one attached hydrogen (secondary N) is 1. The summed E-state index contributed by atoms with van der Waals surface area (Å²) < 4.78 is 2.03. The van der Waals surface area contributed by atoms with Gasteiger partial charge >= 0.3 is 0 Å². The number of guanidine groups is 1. The molecule has 1 fully saturated rings. The molecule has 3 rings (SSSR count). The zero-order chi connectivity index (χ0) is 14.5. The molecule has 1 aliphatic rings. The van der Waals surface area contributed by atoms with E-state index in [-0.39, 0.29) is 0 Å². The molecule has 1 saturated heterocycles. The van der Waals surface area contributed by atoms with Crippen molar-refractivity contribution < 1.29 is 0 Å². The molecule has 1 aliphatic heterocycles. The van der Waals surface area contributed by atoms with Gasteiger partial charge in [0.1, 0.15) is 5.82 Å². The summed E-state index contributed by atoms with van der Waals surface area (Å²) in [4.78, 5) is 7.07. The van der Waals surface area contributed by atoms with E-state index < -0.39 is 0 Å². The second kappa shape index (κ2) is 6.56. The van der Waals surface area contributed by atoms with Gasteiger partial charge in [-0.1, -0.05) is 6.07 Å². The number of likely N-dealkylation sites (tertiary alicyclic amines) is 1. The molecule has 6 nitrogen and oxygen atoms in total. The first kappa shape index (κ1) is 13.9. The van der Waals surface area contributed by atoms with Gasteiger partial charge < -0.3 is 10.2 Å². The fourth-order valence-corrected chi connectivity index (χ4v) is 2.68. The van der Waals surface area contributed by atoms with Crippen LogP contribution in [0, 0.1) is 0 Å². The first-order chi connectivity index (χ1) is 10.4. The van der Waals surface area contributed by atoms with E-state index in [9.17, 15) is 0 Å². The highest BCUT2D eigenvalue weighted by atomic mass is 15.3. The maximum absolute atomic E-state index is 4.73. The Morgan fingerprint density at radius 1 is 1.29 bits per heavy atom. The Kier molecular flexibility index (Phi) is 4.33. The lowest BCUT2D eigenvalue weighted by atomic mass is 10.4. The third kappa shape index (κ3) is 3.15. The number of rotatable bonds is 4. The molecule has 0 saturated carbocycles. The highest BCUT2D eigenvalue weighted by Gasteiger charge is 2.15. The minimum absolute atomic E-state index is 0.731. The van der Waals surface area contributed by atoms with Gasteiger partial charge in [-0.2, -0.15) is 0 Å². The summed E-state index contributed by atoms with van der Waals surface area (Å²) >= 11 is 0. The average Bonchev–Trinajstić information content (AvgIpc) is 3.16. The molecule has 1 N–H and O–H groups in total. The Morgan fingerprint density at radius 2 is 2.14 bits per heavy atom. The number of hydrogen-bond donors (Lipinski definition) is 1. The number of aromatic nitrogens is 3. The van der Waals surface area contributed by atoms with Crippen LogP contribution in [0.2, 0.25) is 0 Å². The first-order valence-corrected chi connectivity index (χ1v) is 7.70. The zero-order valence-corrected chi connectivity index (χ0v) is 12.5. The molecule has 0 spiro atoms. The lowest BCUT2D eigenvalue weighted by Gasteiger charge is -2.20. The maximum Gasteiger partial charge on any atom is 0.193 e. The highest BCUT2D eigenvalue weighted by Crippen LogP contribution is 2.08. The van der Waals surface area contributed by atoms with E-state index in [1.807, 2.05) is 28.8 Å². The SMILES string of the molecule is CCNC(=NCCc1nnc2ccccn12)N1CCCC1. The molecule has 2 aromatic heterocycles. The smallest absolute Gasteiger partial charge is 0.193 e. The van der Waals surface area contributed by atoms with Crippen LogP contribution in [-0.2, 0) is 6.42 Å². The fourth-order valence-electron chi connectivity index (χ4n) is 2.68. The average molecular weight is 286 g/mol. The van der Waals surface area contributed by atoms with E-state index >= 15 is 0 Å². The third-order valence-electron chi connectivity index (χ3n) is 3.72. The second-order valence-corrected chi connectivity index (χ2v) is 5.22. The predicted molar refractivity (Wildman–Crippen MR) is 83.5 cm³/mol. The van der Waals surface area contributed by atoms with Gasteiger partial charge in [-0.15, -0.1) is 10.2 Å². The largest absolute Gasteiger partial charge is 0.357 e. The molecule has 0 unspecified atom stereocenters. The number of fused-ring (bicyclic) bond motifs is 1. The lowest BCUT2D eigenvalue weighted by Crippen LogP contribution is -2.39. The van der Waals surface area contributed by atoms with Gasteiger partial charge in [-0.25, -0.2) is 0 Å². The Labute approximate surface area is 124 Å². The summed E-state index contributed by atoms with van der Waals surface area (Å²) in [5.41, 5.74) is 0.892. The molecule has 0 atom stereocenters. The van der Waals surface area contributed by atoms with Gasteiger partial charge in [0.25, 0.3) is 0 Å². The van der Waals surface area contributed by atoms with Crippen LogP contribution in [0.15, 0.2) is 29.4 Å². The van der Waals surface area contributed by atoms with Gasteiger partial charge in [-0.05, 0) is 31.9 Å². The van der Waals surface area contributed by atoms with Crippen molar-refractivity contribution in [2.75, 3.05) is 26.2 Å². The summed E-state index contributed by atoms with van der Waals surface area (Å²) in [6, 6.07) is 5.94. The fraction of sp³-hybridized carbons (Fsp3) is 0.533. The third-order valence-corrected chi connectivity index (χ3v) is 3.72. The molecular formula is C15H22N6. The quantitative estimate of drug-likeness (QED) is 0.680. The van der Waals surface area contributed by atoms with Crippen molar-refractivity contribution in [3.05, 3.63) is 30.2 Å². The summed E-state index contributed by atoms with van der Waals surface area (Å²) in [6.45, 7) is 5.97. The summed E-state index contributed by atoms with van der Waals surface area (Å²) in [5.74, 6) is 2.00. The molecule has 0 amide bonds. The van der Waals surface area contributed by atoms with E-state index in [1.165, 1.54) is 12.8 Å². The van der Waals surface area contributed by atoms with Crippen molar-refractivity contribution in [2.45, 2.75) is 26.2 Å². The van der Waals surface area contributed by atoms with Gasteiger partial charge in [0.15, 0.2) is 11.6 Å². The first-order valence-electron chi connectivity index (χ1n) is 7.70. The van der Waals surface area contributed by atoms with E-state index in [4.69, 9.17) is 4.99 Å². The number of aliphatic imine (C=N–C) groups is 1. The molecule has 0 bridgehead atoms. The Bertz CT molecular complexity index is 611. The van der Waals surface area contributed by atoms with Crippen molar-refractivity contribution >= 4 is 11.6 Å². The zero-order valence-electron chi connectivity index (χ0n) is 12.5. The Balaban J connectivity index is 1.66. The van der Waals surface area contributed by atoms with E-state index in [0.717, 1.165) is 50.0 Å². The second-order valence-electron chi connectivity index (χ2n) is 5.22. The van der Waals surface area contributed by atoms with Crippen LogP contribution in [0.5, 0.6) is 0 Å². The highest BCUT2D eigenvalue weighted by molar-refractivity contribution is 5.80. The summed E-state index contributed by atoms with van der Waals surface area (Å²) in [5, 5.41) is 11.8. The van der Waals surface area contributed by atoms with Crippen molar-refractivity contribution in [3.63, 3.8) is 0 Å². The standard InChI is InChI=1S/C15H22N6/c1-2-16-15(20-10-5-6-11-20)17-9-8-14-19-18-13-7-3-4-12-21(13)14/h3-4,7,12H,2,5-6,8-11H2,1H3,(H,16,17). The molecule has 3 heterocycles. The normalized spacial score (nSPS) is 15.9. The maximum atomic E-state index is 4.73. The number of nitrogens with zero attached hydrogens (tertiary/aromatic N) is 5. The van der Waals surface area contributed by atoms with E-state index in [1.54, 1.807) is 0 Å². The van der Waals surface area contributed by atoms with Crippen LogP contribution in [0.3, 0.4) is 0 Å². The summed E-state index contributed by atoms with van der Waals surface area (Å²) in [7, 11) is 0. The van der Waals surface area contributed by atoms with Crippen LogP contribution < -0.4 is 5.32 Å². The molecule has 112 valence electrons. The molecule has 21 heavy (non-hydrogen) atoms. The Morgan fingerprint density at radius 3 is 2.95 bits per heavy atom. The molecule has 0 aromatic carbocycles. The lowest BCUT2D eigenvalue weighted by molar-refractivity contribution is 0.493. The molecular weight excluding hydrogens is 264 g/mol. The topological polar surface area (TPSA) is 57.8 Å². The number of hydrogen-bond acceptors (Lipinski definition) is 3. The summed E-state index contributed by atoms with van der Waals surface area (Å²) in [6.07, 6.45) is 5.33. The van der Waals surface area contributed by atoms with Gasteiger partial charge in [0.05, 0.1) is 0 Å². The predicted octanol–water partition coefficient (Wildman–Crippen LogP) is 1.33. The van der Waals surface area contributed by atoms with Crippen LogP contribution >= 0.6 is 0 Å². The van der Waals surface area contributed by atoms with Crippen LogP contribution in [0.4, 0.5) is 0 Å². The van der Waals surface area contributed by atoms with Crippen molar-refractivity contribution in [1.29, 1.82) is 0 Å². The van der Waals surface area contributed by atoms with Crippen LogP contribution in [0.1, 0.15) is 25.6 Å². The van der Waals surface area contributed by atoms with Gasteiger partial charge in [0.2, 0.25) is 0 Å². The van der Waals surface area contributed by atoms with Crippen molar-refractivity contribution in [3.8, 4) is 0 Å². The molecule has 6 heteroatoms. The minimum Gasteiger partial charge on any atom is -0.357 e. The van der Waals surface area contributed by atoms with Gasteiger partial charge in [0, 0.05) is 38.8 Å². The Hall–Kier alpha value is -2.11. The van der Waals surface area contributed by atoms with Crippen LogP contribution in [-0.4, -0.2) is 51.6 Å². The van der Waals surface area contributed by atoms with Crippen molar-refractivity contribution in [1.82, 2.24) is 24.8 Å². The molecule has 2 aromatic rings. The minimum atomic E-state index is 0.731. The molecule has 0 aliphatic carbocycles. The van der Waals surface area contributed by atoms with Gasteiger partial charge in [-0.3, -0.25) is 9.39 Å². The van der Waals surface area contributed by atoms with E-state index in [2.05, 4.69) is 27.3 Å². The molecule has 0 radical (unpaired) electrons. The van der Waals surface area contributed by atoms with Crippen LogP contribution in [0.25, 0.3) is 5.65 Å². The monoisotopic (exact) mass is 286 g/mol. The van der Waals surface area contributed by atoms with E-state index in [0.29, 0.717) is 0 Å². The number of pyridine rings is 1. The van der Waals surface area contributed by atoms with Crippen molar-refractivity contribution in [2.24, 2.45) is 4.99 Å².